The van der Waals surface area contributed by atoms with Crippen molar-refractivity contribution in [2.75, 3.05) is 6.61 Å². The summed E-state index contributed by atoms with van der Waals surface area (Å²) < 4.78 is 10.6. The van der Waals surface area contributed by atoms with Crippen molar-refractivity contribution >= 4 is 28.5 Å². The average Bonchev–Trinajstić information content (AvgIpc) is 2.65. The number of amides is 1. The maximum Gasteiger partial charge on any atom is 0.336 e. The molecule has 1 unspecified atom stereocenters. The van der Waals surface area contributed by atoms with E-state index in [0.29, 0.717) is 16.4 Å². The fraction of sp³-hybridized carbons (Fsp3) is 0.200. The van der Waals surface area contributed by atoms with E-state index in [-0.39, 0.29) is 18.6 Å². The summed E-state index contributed by atoms with van der Waals surface area (Å²) in [6.45, 7) is 1.86. The summed E-state index contributed by atoms with van der Waals surface area (Å²) >= 11 is 5.90. The molecule has 0 fully saturated rings. The first kappa shape index (κ1) is 18.0. The number of carbonyl (C=O) groups is 1. The third-order valence-electron chi connectivity index (χ3n) is 3.98. The van der Waals surface area contributed by atoms with Crippen molar-refractivity contribution in [3.63, 3.8) is 0 Å². The fourth-order valence-corrected chi connectivity index (χ4v) is 2.76. The number of ether oxygens (including phenoxy) is 1. The molecule has 1 heterocycles. The maximum absolute atomic E-state index is 12.2. The fourth-order valence-electron chi connectivity index (χ4n) is 2.63. The molecule has 6 heteroatoms. The van der Waals surface area contributed by atoms with Gasteiger partial charge >= 0.3 is 5.63 Å². The van der Waals surface area contributed by atoms with Crippen molar-refractivity contribution in [3.05, 3.63) is 75.6 Å². The minimum Gasteiger partial charge on any atom is -0.484 e. The Balaban J connectivity index is 1.62. The van der Waals surface area contributed by atoms with Crippen LogP contribution < -0.4 is 15.7 Å². The highest BCUT2D eigenvalue weighted by Gasteiger charge is 2.13. The topological polar surface area (TPSA) is 68.5 Å². The van der Waals surface area contributed by atoms with Crippen LogP contribution in [0.25, 0.3) is 11.0 Å². The molecule has 0 spiro atoms. The molecular weight excluding hydrogens is 354 g/mol. The number of hydrogen-bond acceptors (Lipinski definition) is 4. The van der Waals surface area contributed by atoms with Crippen LogP contribution in [0.4, 0.5) is 0 Å². The van der Waals surface area contributed by atoms with Crippen LogP contribution >= 0.6 is 11.6 Å². The van der Waals surface area contributed by atoms with Gasteiger partial charge in [0.1, 0.15) is 11.3 Å². The van der Waals surface area contributed by atoms with Gasteiger partial charge in [0, 0.05) is 22.5 Å². The van der Waals surface area contributed by atoms with Crippen LogP contribution in [0.5, 0.6) is 5.75 Å². The standard InChI is InChI=1S/C20H18ClNO4/c1-2-17(13-3-7-15(21)8-4-13)22-19(23)12-25-16-9-5-14-6-10-20(24)26-18(14)11-16/h3-11,17H,2,12H2,1H3,(H,22,23). The van der Waals surface area contributed by atoms with Gasteiger partial charge in [-0.05, 0) is 42.3 Å². The van der Waals surface area contributed by atoms with Crippen molar-refractivity contribution < 1.29 is 13.9 Å². The highest BCUT2D eigenvalue weighted by atomic mass is 35.5. The zero-order chi connectivity index (χ0) is 18.5. The predicted molar refractivity (Wildman–Crippen MR) is 101 cm³/mol. The Morgan fingerprint density at radius 2 is 1.88 bits per heavy atom. The second-order valence-electron chi connectivity index (χ2n) is 5.82. The first-order valence-electron chi connectivity index (χ1n) is 8.26. The first-order chi connectivity index (χ1) is 12.5. The van der Waals surface area contributed by atoms with Gasteiger partial charge in [0.2, 0.25) is 0 Å². The van der Waals surface area contributed by atoms with Gasteiger partial charge in [-0.3, -0.25) is 4.79 Å². The van der Waals surface area contributed by atoms with Gasteiger partial charge in [0.05, 0.1) is 6.04 Å². The Labute approximate surface area is 155 Å². The zero-order valence-electron chi connectivity index (χ0n) is 14.2. The van der Waals surface area contributed by atoms with E-state index in [1.807, 2.05) is 19.1 Å². The van der Waals surface area contributed by atoms with Gasteiger partial charge in [-0.15, -0.1) is 0 Å². The lowest BCUT2D eigenvalue weighted by molar-refractivity contribution is -0.123. The molecule has 0 aliphatic carbocycles. The SMILES string of the molecule is CCC(NC(=O)COc1ccc2ccc(=O)oc2c1)c1ccc(Cl)cc1. The summed E-state index contributed by atoms with van der Waals surface area (Å²) in [7, 11) is 0. The molecule has 1 atom stereocenters. The minimum atomic E-state index is -0.429. The average molecular weight is 372 g/mol. The van der Waals surface area contributed by atoms with Crippen LogP contribution in [0.2, 0.25) is 5.02 Å². The Kier molecular flexibility index (Phi) is 5.58. The van der Waals surface area contributed by atoms with E-state index in [2.05, 4.69) is 5.32 Å². The third kappa shape index (κ3) is 4.43. The summed E-state index contributed by atoms with van der Waals surface area (Å²) in [5, 5.41) is 4.38. The summed E-state index contributed by atoms with van der Waals surface area (Å²) in [5.41, 5.74) is 0.974. The normalized spacial score (nSPS) is 11.9. The van der Waals surface area contributed by atoms with Crippen LogP contribution in [0.3, 0.4) is 0 Å². The van der Waals surface area contributed by atoms with E-state index in [9.17, 15) is 9.59 Å². The molecule has 0 radical (unpaired) electrons. The van der Waals surface area contributed by atoms with Crippen LogP contribution in [0, 0.1) is 0 Å². The van der Waals surface area contributed by atoms with Crippen LogP contribution in [-0.2, 0) is 4.79 Å². The largest absolute Gasteiger partial charge is 0.484 e. The Bertz CT molecular complexity index is 965. The Morgan fingerprint density at radius 1 is 1.15 bits per heavy atom. The minimum absolute atomic E-state index is 0.113. The molecular formula is C20H18ClNO4. The molecule has 0 saturated heterocycles. The zero-order valence-corrected chi connectivity index (χ0v) is 15.0. The van der Waals surface area contributed by atoms with E-state index in [4.69, 9.17) is 20.8 Å². The molecule has 1 aromatic heterocycles. The molecule has 26 heavy (non-hydrogen) atoms. The number of fused-ring (bicyclic) bond motifs is 1. The predicted octanol–water partition coefficient (Wildman–Crippen LogP) is 4.09. The number of nitrogens with one attached hydrogen (secondary N) is 1. The van der Waals surface area contributed by atoms with Gasteiger partial charge in [-0.25, -0.2) is 4.79 Å². The van der Waals surface area contributed by atoms with Crippen molar-refractivity contribution in [2.24, 2.45) is 0 Å². The molecule has 3 rings (SSSR count). The first-order valence-corrected chi connectivity index (χ1v) is 8.64. The summed E-state index contributed by atoms with van der Waals surface area (Å²) in [6, 6.07) is 15.4. The van der Waals surface area contributed by atoms with Gasteiger partial charge in [-0.2, -0.15) is 0 Å². The number of benzene rings is 2. The molecule has 2 aromatic carbocycles. The molecule has 0 saturated carbocycles. The van der Waals surface area contributed by atoms with Crippen molar-refractivity contribution in [2.45, 2.75) is 19.4 Å². The van der Waals surface area contributed by atoms with Crippen LogP contribution in [-0.4, -0.2) is 12.5 Å². The molecule has 1 amide bonds. The molecule has 134 valence electrons. The molecule has 5 nitrogen and oxygen atoms in total. The van der Waals surface area contributed by atoms with E-state index in [0.717, 1.165) is 17.4 Å². The van der Waals surface area contributed by atoms with E-state index in [1.165, 1.54) is 6.07 Å². The van der Waals surface area contributed by atoms with Crippen molar-refractivity contribution in [1.29, 1.82) is 0 Å². The van der Waals surface area contributed by atoms with E-state index >= 15 is 0 Å². The number of hydrogen-bond donors (Lipinski definition) is 1. The second-order valence-corrected chi connectivity index (χ2v) is 6.26. The molecule has 3 aromatic rings. The lowest BCUT2D eigenvalue weighted by Crippen LogP contribution is -2.32. The number of carbonyl (C=O) groups excluding carboxylic acids is 1. The lowest BCUT2D eigenvalue weighted by atomic mass is 10.0. The second kappa shape index (κ2) is 8.06. The van der Waals surface area contributed by atoms with E-state index < -0.39 is 5.63 Å². The molecule has 0 bridgehead atoms. The van der Waals surface area contributed by atoms with Crippen LogP contribution in [0.1, 0.15) is 24.9 Å². The highest BCUT2D eigenvalue weighted by molar-refractivity contribution is 6.30. The maximum atomic E-state index is 12.2. The van der Waals surface area contributed by atoms with Gasteiger partial charge in [-0.1, -0.05) is 30.7 Å². The Hall–Kier alpha value is -2.79. The number of halogens is 1. The summed E-state index contributed by atoms with van der Waals surface area (Å²) in [5.74, 6) is 0.225. The van der Waals surface area contributed by atoms with Gasteiger partial charge in [0.15, 0.2) is 6.61 Å². The van der Waals surface area contributed by atoms with Gasteiger partial charge < -0.3 is 14.5 Å². The summed E-state index contributed by atoms with van der Waals surface area (Å²) in [4.78, 5) is 23.5. The smallest absolute Gasteiger partial charge is 0.336 e. The molecule has 0 aliphatic heterocycles. The van der Waals surface area contributed by atoms with Gasteiger partial charge in [0.25, 0.3) is 5.91 Å². The molecule has 1 N–H and O–H groups in total. The number of rotatable bonds is 6. The lowest BCUT2D eigenvalue weighted by Gasteiger charge is -2.17. The highest BCUT2D eigenvalue weighted by Crippen LogP contribution is 2.21. The molecule has 0 aliphatic rings. The quantitative estimate of drug-likeness (QED) is 0.662. The van der Waals surface area contributed by atoms with Crippen LogP contribution in [0.15, 0.2) is 63.8 Å². The third-order valence-corrected chi connectivity index (χ3v) is 4.23. The summed E-state index contributed by atoms with van der Waals surface area (Å²) in [6.07, 6.45) is 0.745. The van der Waals surface area contributed by atoms with Crippen molar-refractivity contribution in [3.8, 4) is 5.75 Å². The van der Waals surface area contributed by atoms with E-state index in [1.54, 1.807) is 36.4 Å². The monoisotopic (exact) mass is 371 g/mol. The van der Waals surface area contributed by atoms with Crippen molar-refractivity contribution in [1.82, 2.24) is 5.32 Å². The Morgan fingerprint density at radius 3 is 2.62 bits per heavy atom.